The Hall–Kier alpha value is -1.96. The molecule has 2 aliphatic heterocycles. The van der Waals surface area contributed by atoms with Gasteiger partial charge >= 0.3 is 0 Å². The monoisotopic (exact) mass is 361 g/mol. The molecule has 4 rings (SSSR count). The summed E-state index contributed by atoms with van der Waals surface area (Å²) in [5.41, 5.74) is 2.10. The largest absolute Gasteiger partial charge is 0.371 e. The van der Waals surface area contributed by atoms with Crippen LogP contribution in [0.5, 0.6) is 0 Å². The highest BCUT2D eigenvalue weighted by atomic mass is 35.5. The molecule has 2 N–H and O–H groups in total. The zero-order valence-electron chi connectivity index (χ0n) is 13.9. The molecule has 2 aliphatic rings. The van der Waals surface area contributed by atoms with Gasteiger partial charge in [0.15, 0.2) is 5.69 Å². The van der Waals surface area contributed by atoms with E-state index in [-0.39, 0.29) is 18.1 Å². The van der Waals surface area contributed by atoms with Gasteiger partial charge in [-0.2, -0.15) is 15.4 Å². The Labute approximate surface area is 150 Å². The van der Waals surface area contributed by atoms with E-state index in [1.54, 1.807) is 6.92 Å². The maximum atomic E-state index is 12.3. The summed E-state index contributed by atoms with van der Waals surface area (Å²) in [6, 6.07) is 8.24. The first-order valence-electron chi connectivity index (χ1n) is 8.39. The number of hydrogen-bond donors (Lipinski definition) is 2. The van der Waals surface area contributed by atoms with Crippen molar-refractivity contribution in [1.82, 2.24) is 25.6 Å². The van der Waals surface area contributed by atoms with Crippen LogP contribution in [0, 0.1) is 6.92 Å². The maximum Gasteiger partial charge on any atom is 0.274 e. The van der Waals surface area contributed by atoms with Crippen LogP contribution in [0.1, 0.15) is 34.3 Å². The second-order valence-corrected chi connectivity index (χ2v) is 7.08. The quantitative estimate of drug-likeness (QED) is 0.869. The zero-order chi connectivity index (χ0) is 17.4. The molecule has 1 aromatic heterocycles. The maximum absolute atomic E-state index is 12.3. The van der Waals surface area contributed by atoms with Gasteiger partial charge in [-0.05, 0) is 31.0 Å². The molecule has 0 spiro atoms. The Balaban J connectivity index is 1.38. The van der Waals surface area contributed by atoms with Gasteiger partial charge in [0.2, 0.25) is 0 Å². The van der Waals surface area contributed by atoms with Crippen molar-refractivity contribution in [3.05, 3.63) is 46.2 Å². The van der Waals surface area contributed by atoms with E-state index in [1.807, 2.05) is 24.3 Å². The molecule has 1 amide bonds. The predicted octanol–water partition coefficient (Wildman–Crippen LogP) is 1.71. The van der Waals surface area contributed by atoms with E-state index in [0.717, 1.165) is 30.1 Å². The molecule has 0 aliphatic carbocycles. The minimum Gasteiger partial charge on any atom is -0.371 e. The van der Waals surface area contributed by atoms with Gasteiger partial charge in [0.05, 0.1) is 18.4 Å². The SMILES string of the molecule is Cc1n[nH]nc1C(=O)N[C@@H]1C[C@H]2CO[C@@H](c3ccc(Cl)cc3)CN2C1. The molecular weight excluding hydrogens is 342 g/mol. The molecule has 1 aromatic carbocycles. The fourth-order valence-corrected chi connectivity index (χ4v) is 3.74. The standard InChI is InChI=1S/C17H20ClN5O2/c1-10-16(21-22-20-10)17(24)19-13-6-14-9-25-15(8-23(14)7-13)11-2-4-12(18)5-3-11/h2-5,13-15H,6-9H2,1H3,(H,19,24)(H,20,21,22)/t13-,14+,15-/m1/s1. The first kappa shape index (κ1) is 16.5. The number of nitrogens with zero attached hydrogens (tertiary/aromatic N) is 3. The van der Waals surface area contributed by atoms with Crippen LogP contribution in [0.25, 0.3) is 0 Å². The van der Waals surface area contributed by atoms with Crippen LogP contribution in [0.3, 0.4) is 0 Å². The molecule has 2 aromatic rings. The van der Waals surface area contributed by atoms with Gasteiger partial charge in [0.25, 0.3) is 5.91 Å². The molecule has 2 fully saturated rings. The number of ether oxygens (including phenoxy) is 1. The van der Waals surface area contributed by atoms with Gasteiger partial charge in [-0.15, -0.1) is 0 Å². The molecule has 25 heavy (non-hydrogen) atoms. The third kappa shape index (κ3) is 3.40. The molecule has 7 nitrogen and oxygen atoms in total. The number of aryl methyl sites for hydroxylation is 1. The number of carbonyl (C=O) groups excluding carboxylic acids is 1. The van der Waals surface area contributed by atoms with Gasteiger partial charge in [-0.3, -0.25) is 9.69 Å². The highest BCUT2D eigenvalue weighted by molar-refractivity contribution is 6.30. The Morgan fingerprint density at radius 3 is 2.84 bits per heavy atom. The zero-order valence-corrected chi connectivity index (χ0v) is 14.7. The molecule has 0 unspecified atom stereocenters. The summed E-state index contributed by atoms with van der Waals surface area (Å²) in [5.74, 6) is -0.175. The lowest BCUT2D eigenvalue weighted by atomic mass is 10.1. The second kappa shape index (κ2) is 6.74. The van der Waals surface area contributed by atoms with Crippen molar-refractivity contribution in [2.24, 2.45) is 0 Å². The summed E-state index contributed by atoms with van der Waals surface area (Å²) in [4.78, 5) is 14.7. The summed E-state index contributed by atoms with van der Waals surface area (Å²) in [7, 11) is 0. The van der Waals surface area contributed by atoms with Crippen LogP contribution < -0.4 is 5.32 Å². The number of benzene rings is 1. The third-order valence-electron chi connectivity index (χ3n) is 4.93. The second-order valence-electron chi connectivity index (χ2n) is 6.64. The van der Waals surface area contributed by atoms with Gasteiger partial charge in [0, 0.05) is 30.2 Å². The number of aromatic nitrogens is 3. The highest BCUT2D eigenvalue weighted by Gasteiger charge is 2.38. The fraction of sp³-hybridized carbons (Fsp3) is 0.471. The topological polar surface area (TPSA) is 83.1 Å². The average Bonchev–Trinajstić information content (AvgIpc) is 3.20. The van der Waals surface area contributed by atoms with Crippen molar-refractivity contribution in [1.29, 1.82) is 0 Å². The number of rotatable bonds is 3. The van der Waals surface area contributed by atoms with Crippen LogP contribution in [0.2, 0.25) is 5.02 Å². The van der Waals surface area contributed by atoms with Gasteiger partial charge in [0.1, 0.15) is 0 Å². The highest BCUT2D eigenvalue weighted by Crippen LogP contribution is 2.30. The Morgan fingerprint density at radius 1 is 1.32 bits per heavy atom. The lowest BCUT2D eigenvalue weighted by molar-refractivity contribution is -0.0502. The predicted molar refractivity (Wildman–Crippen MR) is 92.5 cm³/mol. The molecule has 0 radical (unpaired) electrons. The Bertz CT molecular complexity index is 763. The number of nitrogens with one attached hydrogen (secondary N) is 2. The van der Waals surface area contributed by atoms with Crippen molar-refractivity contribution >= 4 is 17.5 Å². The van der Waals surface area contributed by atoms with Crippen LogP contribution in [-0.2, 0) is 4.74 Å². The lowest BCUT2D eigenvalue weighted by Crippen LogP contribution is -2.43. The minimum atomic E-state index is -0.175. The normalized spacial score (nSPS) is 26.4. The average molecular weight is 362 g/mol. The molecule has 3 heterocycles. The van der Waals surface area contributed by atoms with Gasteiger partial charge < -0.3 is 10.1 Å². The lowest BCUT2D eigenvalue weighted by Gasteiger charge is -2.35. The van der Waals surface area contributed by atoms with E-state index in [2.05, 4.69) is 25.6 Å². The Morgan fingerprint density at radius 2 is 2.12 bits per heavy atom. The number of H-pyrrole nitrogens is 1. The van der Waals surface area contributed by atoms with E-state index in [4.69, 9.17) is 16.3 Å². The summed E-state index contributed by atoms with van der Waals surface area (Å²) in [6.07, 6.45) is 0.927. The van der Waals surface area contributed by atoms with E-state index in [1.165, 1.54) is 0 Å². The number of aromatic amines is 1. The summed E-state index contributed by atoms with van der Waals surface area (Å²) in [5, 5.41) is 14.1. The fourth-order valence-electron chi connectivity index (χ4n) is 3.61. The molecule has 2 saturated heterocycles. The smallest absolute Gasteiger partial charge is 0.274 e. The number of morpholine rings is 1. The number of amides is 1. The van der Waals surface area contributed by atoms with Crippen LogP contribution >= 0.6 is 11.6 Å². The first-order chi connectivity index (χ1) is 12.1. The number of carbonyl (C=O) groups is 1. The summed E-state index contributed by atoms with van der Waals surface area (Å²) >= 11 is 5.96. The summed E-state index contributed by atoms with van der Waals surface area (Å²) < 4.78 is 6.04. The molecule has 8 heteroatoms. The van der Waals surface area contributed by atoms with Crippen molar-refractivity contribution in [2.75, 3.05) is 19.7 Å². The van der Waals surface area contributed by atoms with Gasteiger partial charge in [-0.1, -0.05) is 23.7 Å². The first-order valence-corrected chi connectivity index (χ1v) is 8.77. The minimum absolute atomic E-state index is 0.0424. The van der Waals surface area contributed by atoms with E-state index < -0.39 is 0 Å². The van der Waals surface area contributed by atoms with Crippen molar-refractivity contribution in [2.45, 2.75) is 31.5 Å². The molecule has 132 valence electrons. The number of halogens is 1. The number of hydrogen-bond acceptors (Lipinski definition) is 5. The van der Waals surface area contributed by atoms with E-state index in [9.17, 15) is 4.79 Å². The van der Waals surface area contributed by atoms with Crippen molar-refractivity contribution in [3.63, 3.8) is 0 Å². The number of fused-ring (bicyclic) bond motifs is 1. The Kier molecular flexibility index (Phi) is 4.45. The molecule has 0 bridgehead atoms. The summed E-state index contributed by atoms with van der Waals surface area (Å²) in [6.45, 7) is 4.08. The van der Waals surface area contributed by atoms with Crippen LogP contribution in [0.15, 0.2) is 24.3 Å². The van der Waals surface area contributed by atoms with E-state index in [0.29, 0.717) is 24.0 Å². The third-order valence-corrected chi connectivity index (χ3v) is 5.18. The van der Waals surface area contributed by atoms with E-state index >= 15 is 0 Å². The molecule has 0 saturated carbocycles. The molecular formula is C17H20ClN5O2. The van der Waals surface area contributed by atoms with Crippen molar-refractivity contribution in [3.8, 4) is 0 Å². The molecule has 3 atom stereocenters. The van der Waals surface area contributed by atoms with Crippen molar-refractivity contribution < 1.29 is 9.53 Å². The van der Waals surface area contributed by atoms with Crippen LogP contribution in [-0.4, -0.2) is 58.0 Å². The van der Waals surface area contributed by atoms with Gasteiger partial charge in [-0.25, -0.2) is 0 Å². The van der Waals surface area contributed by atoms with Crippen LogP contribution in [0.4, 0.5) is 0 Å².